The van der Waals surface area contributed by atoms with Crippen LogP contribution in [0.25, 0.3) is 0 Å². The molecule has 0 bridgehead atoms. The largest absolute Gasteiger partial charge is 0.339 e. The number of anilines is 1. The average Bonchev–Trinajstić information content (AvgIpc) is 3.17. The molecule has 130 valence electrons. The number of rotatable bonds is 6. The quantitative estimate of drug-likeness (QED) is 0.870. The Morgan fingerprint density at radius 1 is 0.920 bits per heavy atom. The first kappa shape index (κ1) is 17.2. The average molecular weight is 336 g/mol. The Hall–Kier alpha value is -2.62. The van der Waals surface area contributed by atoms with Crippen LogP contribution in [0.2, 0.25) is 0 Å². The highest BCUT2D eigenvalue weighted by Gasteiger charge is 2.19. The molecule has 1 saturated heterocycles. The predicted octanol–water partition coefficient (Wildman–Crippen LogP) is 3.88. The van der Waals surface area contributed by atoms with Gasteiger partial charge in [-0.2, -0.15) is 0 Å². The van der Waals surface area contributed by atoms with Gasteiger partial charge in [-0.05, 0) is 55.5 Å². The maximum atomic E-state index is 12.3. The first-order valence-electron chi connectivity index (χ1n) is 8.95. The van der Waals surface area contributed by atoms with E-state index in [1.54, 1.807) is 24.3 Å². The molecule has 0 aromatic heterocycles. The molecule has 0 unspecified atom stereocenters. The molecule has 1 N–H and O–H groups in total. The normalized spacial score (nSPS) is 13.7. The number of nitrogens with one attached hydrogen (secondary N) is 1. The van der Waals surface area contributed by atoms with Crippen LogP contribution in [-0.2, 0) is 11.2 Å². The van der Waals surface area contributed by atoms with Crippen LogP contribution in [0.4, 0.5) is 5.69 Å². The minimum atomic E-state index is 0.00884. The van der Waals surface area contributed by atoms with Gasteiger partial charge in [0.25, 0.3) is 5.91 Å². The van der Waals surface area contributed by atoms with E-state index in [1.165, 1.54) is 5.56 Å². The fourth-order valence-corrected chi connectivity index (χ4v) is 3.12. The third-order valence-electron chi connectivity index (χ3n) is 4.52. The zero-order chi connectivity index (χ0) is 17.5. The van der Waals surface area contributed by atoms with Crippen molar-refractivity contribution < 1.29 is 9.59 Å². The second-order valence-electron chi connectivity index (χ2n) is 6.46. The molecule has 4 heteroatoms. The molecular formula is C21H24N2O2. The molecule has 0 aliphatic carbocycles. The lowest BCUT2D eigenvalue weighted by molar-refractivity contribution is -0.116. The summed E-state index contributed by atoms with van der Waals surface area (Å²) >= 11 is 0. The molecule has 4 nitrogen and oxygen atoms in total. The zero-order valence-corrected chi connectivity index (χ0v) is 14.4. The lowest BCUT2D eigenvalue weighted by atomic mass is 10.1. The smallest absolute Gasteiger partial charge is 0.253 e. The second kappa shape index (κ2) is 8.47. The third kappa shape index (κ3) is 4.92. The lowest BCUT2D eigenvalue weighted by Crippen LogP contribution is -2.27. The van der Waals surface area contributed by atoms with Crippen LogP contribution < -0.4 is 5.32 Å². The van der Waals surface area contributed by atoms with E-state index in [0.29, 0.717) is 12.0 Å². The van der Waals surface area contributed by atoms with Gasteiger partial charge >= 0.3 is 0 Å². The van der Waals surface area contributed by atoms with Crippen molar-refractivity contribution in [2.75, 3.05) is 18.4 Å². The van der Waals surface area contributed by atoms with Crippen molar-refractivity contribution in [3.8, 4) is 0 Å². The SMILES string of the molecule is O=C(CCCc1ccccc1)Nc1ccc(C(=O)N2CCCC2)cc1. The van der Waals surface area contributed by atoms with Crippen molar-refractivity contribution >= 4 is 17.5 Å². The summed E-state index contributed by atoms with van der Waals surface area (Å²) in [7, 11) is 0. The molecule has 1 aliphatic heterocycles. The van der Waals surface area contributed by atoms with E-state index in [1.807, 2.05) is 23.1 Å². The Bertz CT molecular complexity index is 704. The Kier molecular flexibility index (Phi) is 5.83. The van der Waals surface area contributed by atoms with Gasteiger partial charge in [-0.25, -0.2) is 0 Å². The van der Waals surface area contributed by atoms with E-state index in [-0.39, 0.29) is 11.8 Å². The van der Waals surface area contributed by atoms with Crippen LogP contribution in [0.15, 0.2) is 54.6 Å². The molecule has 3 rings (SSSR count). The van der Waals surface area contributed by atoms with E-state index in [0.717, 1.165) is 44.5 Å². The van der Waals surface area contributed by atoms with Crippen LogP contribution in [-0.4, -0.2) is 29.8 Å². The van der Waals surface area contributed by atoms with Gasteiger partial charge in [0, 0.05) is 30.8 Å². The molecule has 0 saturated carbocycles. The molecule has 25 heavy (non-hydrogen) atoms. The number of hydrogen-bond donors (Lipinski definition) is 1. The van der Waals surface area contributed by atoms with Crippen LogP contribution in [0, 0.1) is 0 Å². The molecule has 0 radical (unpaired) electrons. The summed E-state index contributed by atoms with van der Waals surface area (Å²) in [5, 5.41) is 2.90. The molecule has 1 heterocycles. The van der Waals surface area contributed by atoms with Crippen molar-refractivity contribution in [3.05, 3.63) is 65.7 Å². The molecule has 1 fully saturated rings. The Morgan fingerprint density at radius 3 is 2.28 bits per heavy atom. The molecule has 0 atom stereocenters. The lowest BCUT2D eigenvalue weighted by Gasteiger charge is -2.15. The maximum absolute atomic E-state index is 12.3. The zero-order valence-electron chi connectivity index (χ0n) is 14.4. The topological polar surface area (TPSA) is 49.4 Å². The van der Waals surface area contributed by atoms with Crippen LogP contribution >= 0.6 is 0 Å². The molecular weight excluding hydrogens is 312 g/mol. The fraction of sp³-hybridized carbons (Fsp3) is 0.333. The van der Waals surface area contributed by atoms with Crippen LogP contribution in [0.5, 0.6) is 0 Å². The Labute approximate surface area is 148 Å². The maximum Gasteiger partial charge on any atom is 0.253 e. The summed E-state index contributed by atoms with van der Waals surface area (Å²) < 4.78 is 0. The second-order valence-corrected chi connectivity index (χ2v) is 6.46. The Morgan fingerprint density at radius 2 is 1.60 bits per heavy atom. The number of carbonyl (C=O) groups is 2. The van der Waals surface area contributed by atoms with Crippen LogP contribution in [0.1, 0.15) is 41.6 Å². The molecule has 2 aromatic carbocycles. The highest BCUT2D eigenvalue weighted by Crippen LogP contribution is 2.16. The van der Waals surface area contributed by atoms with E-state index in [4.69, 9.17) is 0 Å². The highest BCUT2D eigenvalue weighted by atomic mass is 16.2. The number of hydrogen-bond acceptors (Lipinski definition) is 2. The number of likely N-dealkylation sites (tertiary alicyclic amines) is 1. The standard InChI is InChI=1S/C21H24N2O2/c24-20(10-6-9-17-7-2-1-3-8-17)22-19-13-11-18(12-14-19)21(25)23-15-4-5-16-23/h1-3,7-8,11-14H,4-6,9-10,15-16H2,(H,22,24). The summed E-state index contributed by atoms with van der Waals surface area (Å²) in [6.45, 7) is 1.69. The van der Waals surface area contributed by atoms with Gasteiger partial charge in [0.1, 0.15) is 0 Å². The fourth-order valence-electron chi connectivity index (χ4n) is 3.12. The summed E-state index contributed by atoms with van der Waals surface area (Å²) in [6, 6.07) is 17.4. The number of benzene rings is 2. The van der Waals surface area contributed by atoms with Gasteiger partial charge in [-0.1, -0.05) is 30.3 Å². The van der Waals surface area contributed by atoms with Crippen molar-refractivity contribution in [2.45, 2.75) is 32.1 Å². The predicted molar refractivity (Wildman–Crippen MR) is 99.6 cm³/mol. The van der Waals surface area contributed by atoms with Gasteiger partial charge in [0.05, 0.1) is 0 Å². The molecule has 2 amide bonds. The third-order valence-corrected chi connectivity index (χ3v) is 4.52. The molecule has 2 aromatic rings. The van der Waals surface area contributed by atoms with E-state index >= 15 is 0 Å². The van der Waals surface area contributed by atoms with Gasteiger partial charge in [-0.15, -0.1) is 0 Å². The minimum Gasteiger partial charge on any atom is -0.339 e. The Balaban J connectivity index is 1.46. The first-order valence-corrected chi connectivity index (χ1v) is 8.95. The number of nitrogens with zero attached hydrogens (tertiary/aromatic N) is 1. The summed E-state index contributed by atoms with van der Waals surface area (Å²) in [4.78, 5) is 26.2. The van der Waals surface area contributed by atoms with Crippen molar-refractivity contribution in [1.29, 1.82) is 0 Å². The van der Waals surface area contributed by atoms with E-state index < -0.39 is 0 Å². The highest BCUT2D eigenvalue weighted by molar-refractivity contribution is 5.96. The molecule has 1 aliphatic rings. The van der Waals surface area contributed by atoms with Crippen molar-refractivity contribution in [2.24, 2.45) is 0 Å². The number of carbonyl (C=O) groups excluding carboxylic acids is 2. The van der Waals surface area contributed by atoms with E-state index in [9.17, 15) is 9.59 Å². The molecule has 0 spiro atoms. The van der Waals surface area contributed by atoms with E-state index in [2.05, 4.69) is 17.4 Å². The summed E-state index contributed by atoms with van der Waals surface area (Å²) in [6.07, 6.45) is 4.38. The monoisotopic (exact) mass is 336 g/mol. The first-order chi connectivity index (χ1) is 12.2. The van der Waals surface area contributed by atoms with Crippen LogP contribution in [0.3, 0.4) is 0 Å². The number of aryl methyl sites for hydroxylation is 1. The van der Waals surface area contributed by atoms with Gasteiger partial charge in [-0.3, -0.25) is 9.59 Å². The van der Waals surface area contributed by atoms with Gasteiger partial charge in [0.15, 0.2) is 0 Å². The van der Waals surface area contributed by atoms with Gasteiger partial charge < -0.3 is 10.2 Å². The summed E-state index contributed by atoms with van der Waals surface area (Å²) in [5.74, 6) is 0.0905. The van der Waals surface area contributed by atoms with Crippen molar-refractivity contribution in [3.63, 3.8) is 0 Å². The van der Waals surface area contributed by atoms with Crippen molar-refractivity contribution in [1.82, 2.24) is 4.90 Å². The van der Waals surface area contributed by atoms with Gasteiger partial charge in [0.2, 0.25) is 5.91 Å². The summed E-state index contributed by atoms with van der Waals surface area (Å²) in [5.41, 5.74) is 2.67. The number of amides is 2. The minimum absolute atomic E-state index is 0.00884.